The number of nitrogens with zero attached hydrogens (tertiary/aromatic N) is 2. The van der Waals surface area contributed by atoms with Crippen LogP contribution in [0.15, 0.2) is 24.3 Å². The van der Waals surface area contributed by atoms with Gasteiger partial charge in [-0.2, -0.15) is 0 Å². The zero-order valence-electron chi connectivity index (χ0n) is 11.9. The first-order chi connectivity index (χ1) is 9.78. The first-order valence-electron chi connectivity index (χ1n) is 7.08. The van der Waals surface area contributed by atoms with E-state index >= 15 is 0 Å². The Morgan fingerprint density at radius 1 is 1.30 bits per heavy atom. The topological polar surface area (TPSA) is 47.0 Å². The van der Waals surface area contributed by atoms with E-state index in [0.717, 1.165) is 42.3 Å². The number of aromatic nitrogens is 2. The molecule has 0 aliphatic carbocycles. The third kappa shape index (κ3) is 2.51. The fourth-order valence-corrected chi connectivity index (χ4v) is 2.53. The van der Waals surface area contributed by atoms with Gasteiger partial charge in [0.25, 0.3) is 0 Å². The SMILES string of the molecule is CCOc1cccc(-c2nc(C)c3c(n2)CCNC3)c1. The van der Waals surface area contributed by atoms with E-state index in [2.05, 4.69) is 17.2 Å². The van der Waals surface area contributed by atoms with E-state index in [1.807, 2.05) is 31.2 Å². The van der Waals surface area contributed by atoms with Crippen LogP contribution in [0.2, 0.25) is 0 Å². The van der Waals surface area contributed by atoms with E-state index in [-0.39, 0.29) is 0 Å². The highest BCUT2D eigenvalue weighted by Crippen LogP contribution is 2.24. The molecular formula is C16H19N3O. The number of nitrogens with one attached hydrogen (secondary N) is 1. The Balaban J connectivity index is 2.01. The quantitative estimate of drug-likeness (QED) is 0.930. The summed E-state index contributed by atoms with van der Waals surface area (Å²) in [6, 6.07) is 7.98. The van der Waals surface area contributed by atoms with Crippen molar-refractivity contribution in [1.82, 2.24) is 15.3 Å². The van der Waals surface area contributed by atoms with Crippen molar-refractivity contribution in [2.45, 2.75) is 26.8 Å². The second-order valence-corrected chi connectivity index (χ2v) is 4.95. The largest absolute Gasteiger partial charge is 0.494 e. The van der Waals surface area contributed by atoms with Crippen LogP contribution in [0.1, 0.15) is 23.9 Å². The molecule has 0 amide bonds. The molecule has 1 aromatic carbocycles. The Morgan fingerprint density at radius 2 is 2.20 bits per heavy atom. The Labute approximate surface area is 119 Å². The Morgan fingerprint density at radius 3 is 3.05 bits per heavy atom. The monoisotopic (exact) mass is 269 g/mol. The van der Waals surface area contributed by atoms with Gasteiger partial charge >= 0.3 is 0 Å². The maximum Gasteiger partial charge on any atom is 0.159 e. The van der Waals surface area contributed by atoms with Crippen LogP contribution in [0, 0.1) is 6.92 Å². The third-order valence-electron chi connectivity index (χ3n) is 3.54. The van der Waals surface area contributed by atoms with Crippen LogP contribution in [-0.4, -0.2) is 23.1 Å². The molecule has 1 N–H and O–H groups in total. The highest BCUT2D eigenvalue weighted by molar-refractivity contribution is 5.58. The van der Waals surface area contributed by atoms with E-state index < -0.39 is 0 Å². The minimum Gasteiger partial charge on any atom is -0.494 e. The van der Waals surface area contributed by atoms with Crippen molar-refractivity contribution in [2.75, 3.05) is 13.2 Å². The average molecular weight is 269 g/mol. The molecule has 0 atom stereocenters. The molecule has 104 valence electrons. The molecule has 0 spiro atoms. The number of aryl methyl sites for hydroxylation is 1. The number of hydrogen-bond donors (Lipinski definition) is 1. The Bertz CT molecular complexity index is 625. The van der Waals surface area contributed by atoms with Crippen molar-refractivity contribution in [3.8, 4) is 17.1 Å². The van der Waals surface area contributed by atoms with Crippen LogP contribution >= 0.6 is 0 Å². The summed E-state index contributed by atoms with van der Waals surface area (Å²) in [5.74, 6) is 1.66. The molecule has 0 radical (unpaired) electrons. The summed E-state index contributed by atoms with van der Waals surface area (Å²) in [4.78, 5) is 9.39. The Kier molecular flexibility index (Phi) is 3.65. The molecular weight excluding hydrogens is 250 g/mol. The normalized spacial score (nSPS) is 13.9. The lowest BCUT2D eigenvalue weighted by Crippen LogP contribution is -2.26. The Hall–Kier alpha value is -1.94. The van der Waals surface area contributed by atoms with Gasteiger partial charge in [0.1, 0.15) is 5.75 Å². The molecule has 1 aromatic heterocycles. The summed E-state index contributed by atoms with van der Waals surface area (Å²) in [5, 5.41) is 3.37. The van der Waals surface area contributed by atoms with Crippen molar-refractivity contribution < 1.29 is 4.74 Å². The molecule has 2 heterocycles. The molecule has 0 fully saturated rings. The van der Waals surface area contributed by atoms with Gasteiger partial charge in [0.15, 0.2) is 5.82 Å². The summed E-state index contributed by atoms with van der Waals surface area (Å²) < 4.78 is 5.55. The van der Waals surface area contributed by atoms with Crippen molar-refractivity contribution >= 4 is 0 Å². The highest BCUT2D eigenvalue weighted by Gasteiger charge is 2.15. The van der Waals surface area contributed by atoms with Crippen LogP contribution in [0.4, 0.5) is 0 Å². The molecule has 4 heteroatoms. The summed E-state index contributed by atoms with van der Waals surface area (Å²) in [5.41, 5.74) is 4.51. The number of benzene rings is 1. The second-order valence-electron chi connectivity index (χ2n) is 4.95. The smallest absolute Gasteiger partial charge is 0.159 e. The van der Waals surface area contributed by atoms with Gasteiger partial charge in [-0.3, -0.25) is 0 Å². The predicted octanol–water partition coefficient (Wildman–Crippen LogP) is 2.50. The van der Waals surface area contributed by atoms with Gasteiger partial charge in [0, 0.05) is 36.3 Å². The zero-order valence-corrected chi connectivity index (χ0v) is 11.9. The second kappa shape index (κ2) is 5.59. The van der Waals surface area contributed by atoms with Crippen molar-refractivity contribution in [1.29, 1.82) is 0 Å². The number of rotatable bonds is 3. The van der Waals surface area contributed by atoms with Gasteiger partial charge in [-0.1, -0.05) is 12.1 Å². The number of ether oxygens (including phenoxy) is 1. The van der Waals surface area contributed by atoms with Crippen molar-refractivity contribution in [2.24, 2.45) is 0 Å². The van der Waals surface area contributed by atoms with Crippen LogP contribution < -0.4 is 10.1 Å². The lowest BCUT2D eigenvalue weighted by atomic mass is 10.1. The zero-order chi connectivity index (χ0) is 13.9. The molecule has 3 rings (SSSR count). The van der Waals surface area contributed by atoms with E-state index in [0.29, 0.717) is 6.61 Å². The molecule has 20 heavy (non-hydrogen) atoms. The minimum absolute atomic E-state index is 0.666. The molecule has 0 bridgehead atoms. The van der Waals surface area contributed by atoms with Crippen LogP contribution in [0.3, 0.4) is 0 Å². The maximum absolute atomic E-state index is 5.55. The molecule has 1 aliphatic heterocycles. The molecule has 0 saturated heterocycles. The number of hydrogen-bond acceptors (Lipinski definition) is 4. The van der Waals surface area contributed by atoms with Gasteiger partial charge in [-0.05, 0) is 26.0 Å². The van der Waals surface area contributed by atoms with E-state index in [4.69, 9.17) is 9.72 Å². The van der Waals surface area contributed by atoms with Gasteiger partial charge < -0.3 is 10.1 Å². The third-order valence-corrected chi connectivity index (χ3v) is 3.54. The summed E-state index contributed by atoms with van der Waals surface area (Å²) in [6.45, 7) is 6.57. The van der Waals surface area contributed by atoms with Crippen molar-refractivity contribution in [3.05, 3.63) is 41.2 Å². The number of fused-ring (bicyclic) bond motifs is 1. The molecule has 2 aromatic rings. The maximum atomic E-state index is 5.55. The van der Waals surface area contributed by atoms with E-state index in [1.165, 1.54) is 11.3 Å². The predicted molar refractivity (Wildman–Crippen MR) is 78.8 cm³/mol. The summed E-state index contributed by atoms with van der Waals surface area (Å²) >= 11 is 0. The minimum atomic E-state index is 0.666. The summed E-state index contributed by atoms with van der Waals surface area (Å²) in [6.07, 6.45) is 0.969. The van der Waals surface area contributed by atoms with Gasteiger partial charge in [0.2, 0.25) is 0 Å². The van der Waals surface area contributed by atoms with Gasteiger partial charge in [0.05, 0.1) is 12.3 Å². The van der Waals surface area contributed by atoms with Crippen LogP contribution in [0.5, 0.6) is 5.75 Å². The van der Waals surface area contributed by atoms with Gasteiger partial charge in [-0.15, -0.1) is 0 Å². The lowest BCUT2D eigenvalue weighted by Gasteiger charge is -2.18. The van der Waals surface area contributed by atoms with Crippen LogP contribution in [-0.2, 0) is 13.0 Å². The average Bonchev–Trinajstić information content (AvgIpc) is 2.48. The van der Waals surface area contributed by atoms with Gasteiger partial charge in [-0.25, -0.2) is 9.97 Å². The van der Waals surface area contributed by atoms with Crippen LogP contribution in [0.25, 0.3) is 11.4 Å². The fourth-order valence-electron chi connectivity index (χ4n) is 2.53. The summed E-state index contributed by atoms with van der Waals surface area (Å²) in [7, 11) is 0. The first-order valence-corrected chi connectivity index (χ1v) is 7.08. The molecule has 0 unspecified atom stereocenters. The van der Waals surface area contributed by atoms with E-state index in [1.54, 1.807) is 0 Å². The fraction of sp³-hybridized carbons (Fsp3) is 0.375. The standard InChI is InChI=1S/C16H19N3O/c1-3-20-13-6-4-5-12(9-13)16-18-11(2)14-10-17-8-7-15(14)19-16/h4-6,9,17H,3,7-8,10H2,1-2H3. The van der Waals surface area contributed by atoms with Crippen molar-refractivity contribution in [3.63, 3.8) is 0 Å². The van der Waals surface area contributed by atoms with E-state index in [9.17, 15) is 0 Å². The molecule has 1 aliphatic rings. The molecule has 0 saturated carbocycles. The highest BCUT2D eigenvalue weighted by atomic mass is 16.5. The molecule has 4 nitrogen and oxygen atoms in total. The first kappa shape index (κ1) is 13.1. The lowest BCUT2D eigenvalue weighted by molar-refractivity contribution is 0.340.